The van der Waals surface area contributed by atoms with Crippen LogP contribution in [0.4, 0.5) is 0 Å². The van der Waals surface area contributed by atoms with Crippen LogP contribution in [0.1, 0.15) is 12.6 Å². The van der Waals surface area contributed by atoms with Crippen LogP contribution >= 0.6 is 15.9 Å². The number of imidazole rings is 1. The molecule has 0 saturated carbocycles. The normalized spacial score (nSPS) is 12.4. The molecule has 3 rings (SSSR count). The van der Waals surface area contributed by atoms with Crippen LogP contribution in [0.25, 0.3) is 16.8 Å². The van der Waals surface area contributed by atoms with E-state index in [-0.39, 0.29) is 5.56 Å². The number of hydrogen-bond acceptors (Lipinski definition) is 3. The second kappa shape index (κ2) is 7.05. The molecule has 0 unspecified atom stereocenters. The lowest BCUT2D eigenvalue weighted by atomic mass is 10.3. The minimum atomic E-state index is -1.13. The van der Waals surface area contributed by atoms with Gasteiger partial charge in [0.2, 0.25) is 5.78 Å². The number of halogens is 1. The standard InChI is InChI=1S/C18H24BrN3O2Si/c1-5-13-16(19)17(23)22-15-9-7-6-8-14(15)21(18(22)20-13)12-24-10-11-25(2,3)4/h6-9H,5,10-12H2,1-4H3. The van der Waals surface area contributed by atoms with Gasteiger partial charge in [0.1, 0.15) is 11.2 Å². The molecule has 1 aromatic carbocycles. The van der Waals surface area contributed by atoms with Crippen molar-refractivity contribution in [2.24, 2.45) is 0 Å². The predicted molar refractivity (Wildman–Crippen MR) is 108 cm³/mol. The molecule has 0 aliphatic heterocycles. The molecule has 134 valence electrons. The van der Waals surface area contributed by atoms with Gasteiger partial charge in [-0.25, -0.2) is 9.38 Å². The van der Waals surface area contributed by atoms with E-state index in [4.69, 9.17) is 9.72 Å². The molecule has 0 amide bonds. The molecule has 0 fully saturated rings. The molecule has 3 aromatic rings. The lowest BCUT2D eigenvalue weighted by Crippen LogP contribution is -2.22. The molecule has 25 heavy (non-hydrogen) atoms. The summed E-state index contributed by atoms with van der Waals surface area (Å²) in [7, 11) is -1.13. The first-order chi connectivity index (χ1) is 11.8. The maximum atomic E-state index is 12.8. The number of hydrogen-bond donors (Lipinski definition) is 0. The van der Waals surface area contributed by atoms with Gasteiger partial charge in [-0.3, -0.25) is 9.36 Å². The van der Waals surface area contributed by atoms with Crippen molar-refractivity contribution < 1.29 is 4.74 Å². The summed E-state index contributed by atoms with van der Waals surface area (Å²) >= 11 is 3.41. The summed E-state index contributed by atoms with van der Waals surface area (Å²) in [4.78, 5) is 17.6. The molecule has 5 nitrogen and oxygen atoms in total. The number of para-hydroxylation sites is 2. The van der Waals surface area contributed by atoms with Crippen molar-refractivity contribution in [3.8, 4) is 0 Å². The topological polar surface area (TPSA) is 48.5 Å². The first kappa shape index (κ1) is 18.4. The van der Waals surface area contributed by atoms with Crippen LogP contribution in [-0.4, -0.2) is 28.6 Å². The third kappa shape index (κ3) is 3.59. The maximum absolute atomic E-state index is 12.8. The van der Waals surface area contributed by atoms with Crippen molar-refractivity contribution in [3.05, 3.63) is 44.8 Å². The molecule has 7 heteroatoms. The molecule has 0 saturated heterocycles. The van der Waals surface area contributed by atoms with Crippen LogP contribution in [-0.2, 0) is 17.9 Å². The van der Waals surface area contributed by atoms with Gasteiger partial charge in [-0.1, -0.05) is 38.7 Å². The Morgan fingerprint density at radius 2 is 1.88 bits per heavy atom. The van der Waals surface area contributed by atoms with Gasteiger partial charge in [-0.15, -0.1) is 0 Å². The summed E-state index contributed by atoms with van der Waals surface area (Å²) in [5, 5.41) is 0. The SMILES string of the molecule is CCc1nc2n(COCC[Si](C)(C)C)c3ccccc3n2c(=O)c1Br. The molecule has 0 aliphatic carbocycles. The molecule has 0 aliphatic rings. The molecule has 0 atom stereocenters. The maximum Gasteiger partial charge on any atom is 0.274 e. The largest absolute Gasteiger partial charge is 0.361 e. The molecule has 0 spiro atoms. The van der Waals surface area contributed by atoms with E-state index in [1.54, 1.807) is 4.40 Å². The highest BCUT2D eigenvalue weighted by atomic mass is 79.9. The molecule has 0 bridgehead atoms. The van der Waals surface area contributed by atoms with Crippen molar-refractivity contribution in [2.75, 3.05) is 6.61 Å². The number of nitrogens with zero attached hydrogens (tertiary/aromatic N) is 3. The van der Waals surface area contributed by atoms with E-state index in [9.17, 15) is 4.79 Å². The van der Waals surface area contributed by atoms with E-state index in [1.165, 1.54) is 0 Å². The van der Waals surface area contributed by atoms with E-state index in [0.717, 1.165) is 29.4 Å². The second-order valence-corrected chi connectivity index (χ2v) is 13.8. The molecule has 2 aromatic heterocycles. The number of benzene rings is 1. The van der Waals surface area contributed by atoms with Crippen LogP contribution in [0, 0.1) is 0 Å². The third-order valence-corrected chi connectivity index (χ3v) is 6.79. The summed E-state index contributed by atoms with van der Waals surface area (Å²) in [5.41, 5.74) is 2.52. The van der Waals surface area contributed by atoms with E-state index < -0.39 is 8.07 Å². The van der Waals surface area contributed by atoms with Gasteiger partial charge in [0, 0.05) is 14.7 Å². The number of fused-ring (bicyclic) bond motifs is 3. The Bertz CT molecular complexity index is 972. The van der Waals surface area contributed by atoms with Gasteiger partial charge in [0.05, 0.1) is 16.7 Å². The van der Waals surface area contributed by atoms with Crippen molar-refractivity contribution in [2.45, 2.75) is 45.8 Å². The van der Waals surface area contributed by atoms with Gasteiger partial charge in [-0.2, -0.15) is 0 Å². The van der Waals surface area contributed by atoms with E-state index in [2.05, 4.69) is 35.6 Å². The Morgan fingerprint density at radius 1 is 1.20 bits per heavy atom. The molecular weight excluding hydrogens is 398 g/mol. The zero-order valence-electron chi connectivity index (χ0n) is 15.2. The monoisotopic (exact) mass is 421 g/mol. The Balaban J connectivity index is 2.09. The quantitative estimate of drug-likeness (QED) is 0.440. The zero-order valence-corrected chi connectivity index (χ0v) is 17.8. The summed E-state index contributed by atoms with van der Waals surface area (Å²) in [6.45, 7) is 10.1. The minimum Gasteiger partial charge on any atom is -0.361 e. The zero-order chi connectivity index (χ0) is 18.2. The molecule has 0 radical (unpaired) electrons. The van der Waals surface area contributed by atoms with Gasteiger partial charge in [0.15, 0.2) is 0 Å². The fraction of sp³-hybridized carbons (Fsp3) is 0.444. The van der Waals surface area contributed by atoms with Crippen LogP contribution in [0.15, 0.2) is 33.5 Å². The average molecular weight is 422 g/mol. The van der Waals surface area contributed by atoms with Gasteiger partial charge < -0.3 is 4.74 Å². The number of rotatable bonds is 6. The van der Waals surface area contributed by atoms with Crippen LogP contribution < -0.4 is 5.56 Å². The number of aryl methyl sites for hydroxylation is 1. The Morgan fingerprint density at radius 3 is 2.52 bits per heavy atom. The minimum absolute atomic E-state index is 0.0705. The van der Waals surface area contributed by atoms with Crippen LogP contribution in [0.2, 0.25) is 25.7 Å². The van der Waals surface area contributed by atoms with E-state index >= 15 is 0 Å². The fourth-order valence-corrected chi connectivity index (χ4v) is 4.12. The fourth-order valence-electron chi connectivity index (χ4n) is 2.82. The van der Waals surface area contributed by atoms with Crippen molar-refractivity contribution in [1.82, 2.24) is 14.0 Å². The predicted octanol–water partition coefficient (Wildman–Crippen LogP) is 4.29. The van der Waals surface area contributed by atoms with Gasteiger partial charge >= 0.3 is 0 Å². The first-order valence-electron chi connectivity index (χ1n) is 8.59. The number of aromatic nitrogens is 3. The van der Waals surface area contributed by atoms with Crippen LogP contribution in [0.3, 0.4) is 0 Å². The number of ether oxygens (including phenoxy) is 1. The third-order valence-electron chi connectivity index (χ3n) is 4.29. The summed E-state index contributed by atoms with van der Waals surface area (Å²) < 4.78 is 10.1. The Labute approximate surface area is 156 Å². The van der Waals surface area contributed by atoms with Crippen molar-refractivity contribution in [3.63, 3.8) is 0 Å². The lowest BCUT2D eigenvalue weighted by Gasteiger charge is -2.16. The summed E-state index contributed by atoms with van der Waals surface area (Å²) in [6.07, 6.45) is 0.699. The van der Waals surface area contributed by atoms with E-state index in [1.807, 2.05) is 35.8 Å². The highest BCUT2D eigenvalue weighted by molar-refractivity contribution is 9.10. The highest BCUT2D eigenvalue weighted by Crippen LogP contribution is 2.21. The van der Waals surface area contributed by atoms with Crippen LogP contribution in [0.5, 0.6) is 0 Å². The lowest BCUT2D eigenvalue weighted by molar-refractivity contribution is 0.0921. The molecule has 0 N–H and O–H groups in total. The first-order valence-corrected chi connectivity index (χ1v) is 13.1. The van der Waals surface area contributed by atoms with Gasteiger partial charge in [-0.05, 0) is 40.5 Å². The smallest absolute Gasteiger partial charge is 0.274 e. The Hall–Kier alpha value is -1.44. The Kier molecular flexibility index (Phi) is 5.18. The van der Waals surface area contributed by atoms with E-state index in [0.29, 0.717) is 23.4 Å². The summed E-state index contributed by atoms with van der Waals surface area (Å²) in [6, 6.07) is 8.98. The highest BCUT2D eigenvalue weighted by Gasteiger charge is 2.18. The van der Waals surface area contributed by atoms with Gasteiger partial charge in [0.25, 0.3) is 5.56 Å². The van der Waals surface area contributed by atoms with Crippen molar-refractivity contribution >= 4 is 40.8 Å². The molecular formula is C18H24BrN3O2Si. The summed E-state index contributed by atoms with van der Waals surface area (Å²) in [5.74, 6) is 0.638. The van der Waals surface area contributed by atoms with Crippen molar-refractivity contribution in [1.29, 1.82) is 0 Å². The second-order valence-electron chi connectivity index (χ2n) is 7.43. The average Bonchev–Trinajstić information content (AvgIpc) is 2.88. The molecule has 2 heterocycles.